The van der Waals surface area contributed by atoms with Gasteiger partial charge in [0.05, 0.1) is 0 Å². The highest BCUT2D eigenvalue weighted by Gasteiger charge is 2.43. The lowest BCUT2D eigenvalue weighted by atomic mass is 9.73. The van der Waals surface area contributed by atoms with Crippen molar-refractivity contribution in [3.05, 3.63) is 48.0 Å². The first kappa shape index (κ1) is 18.7. The van der Waals surface area contributed by atoms with Crippen LogP contribution in [0.1, 0.15) is 48.7 Å². The van der Waals surface area contributed by atoms with Gasteiger partial charge in [-0.3, -0.25) is 19.3 Å². The summed E-state index contributed by atoms with van der Waals surface area (Å²) in [7, 11) is 0. The third kappa shape index (κ3) is 3.66. The molecular weight excluding hydrogens is 354 g/mol. The topological polar surface area (TPSA) is 71.3 Å². The van der Waals surface area contributed by atoms with Gasteiger partial charge in [-0.1, -0.05) is 0 Å². The van der Waals surface area contributed by atoms with E-state index in [1.165, 1.54) is 0 Å². The molecule has 2 saturated heterocycles. The highest BCUT2D eigenvalue weighted by Crippen LogP contribution is 2.39. The summed E-state index contributed by atoms with van der Waals surface area (Å²) in [6.07, 6.45) is 8.66. The Kier molecular flexibility index (Phi) is 5.15. The lowest BCUT2D eigenvalue weighted by Crippen LogP contribution is -2.55. The Labute approximate surface area is 165 Å². The minimum absolute atomic E-state index is 0.00802. The van der Waals surface area contributed by atoms with Crippen molar-refractivity contribution in [1.29, 1.82) is 0 Å². The van der Waals surface area contributed by atoms with E-state index in [0.717, 1.165) is 31.4 Å². The minimum atomic E-state index is -0.00802. The van der Waals surface area contributed by atoms with Crippen LogP contribution in [0, 0.1) is 5.41 Å². The second kappa shape index (κ2) is 7.73. The van der Waals surface area contributed by atoms with Crippen LogP contribution >= 0.6 is 0 Å². The third-order valence-electron chi connectivity index (χ3n) is 6.05. The minimum Gasteiger partial charge on any atom is -0.338 e. The number of piperidine rings is 2. The number of likely N-dealkylation sites (tertiary alicyclic amines) is 2. The molecule has 2 aliphatic rings. The summed E-state index contributed by atoms with van der Waals surface area (Å²) in [5.41, 5.74) is 1.74. The van der Waals surface area contributed by atoms with Gasteiger partial charge < -0.3 is 9.80 Å². The second-order valence-corrected chi connectivity index (χ2v) is 7.97. The molecule has 2 fully saturated rings. The van der Waals surface area contributed by atoms with Gasteiger partial charge in [-0.25, -0.2) is 0 Å². The van der Waals surface area contributed by atoms with Gasteiger partial charge in [0, 0.05) is 63.2 Å². The van der Waals surface area contributed by atoms with Crippen LogP contribution < -0.4 is 0 Å². The van der Waals surface area contributed by atoms with Crippen LogP contribution in [0.4, 0.5) is 0 Å². The van der Waals surface area contributed by atoms with Crippen molar-refractivity contribution in [3.63, 3.8) is 0 Å². The molecule has 0 aliphatic carbocycles. The van der Waals surface area contributed by atoms with Gasteiger partial charge in [0.2, 0.25) is 5.91 Å². The lowest BCUT2D eigenvalue weighted by molar-refractivity contribution is -0.139. The average Bonchev–Trinajstić information content (AvgIpc) is 3.20. The molecule has 0 saturated carbocycles. The fourth-order valence-electron chi connectivity index (χ4n) is 4.60. The molecule has 2 amide bonds. The number of pyridine rings is 1. The SMILES string of the molecule is CCn1nccc1C(=O)N1CCC[C@@]2(CCC(=O)N(Cc3ccncc3)C2)C1. The molecule has 0 aromatic carbocycles. The predicted octanol–water partition coefficient (Wildman–Crippen LogP) is 2.34. The Morgan fingerprint density at radius 3 is 2.75 bits per heavy atom. The van der Waals surface area contributed by atoms with E-state index in [0.29, 0.717) is 38.3 Å². The first-order valence-electron chi connectivity index (χ1n) is 10.1. The maximum atomic E-state index is 13.1. The Morgan fingerprint density at radius 1 is 1.14 bits per heavy atom. The van der Waals surface area contributed by atoms with Crippen LogP contribution in [0.25, 0.3) is 0 Å². The molecule has 148 valence electrons. The molecule has 7 heteroatoms. The van der Waals surface area contributed by atoms with E-state index in [4.69, 9.17) is 0 Å². The van der Waals surface area contributed by atoms with Crippen LogP contribution in [0.5, 0.6) is 0 Å². The summed E-state index contributed by atoms with van der Waals surface area (Å²) in [4.78, 5) is 33.6. The summed E-state index contributed by atoms with van der Waals surface area (Å²) < 4.78 is 1.75. The zero-order valence-electron chi connectivity index (χ0n) is 16.4. The summed E-state index contributed by atoms with van der Waals surface area (Å²) >= 11 is 0. The number of aryl methyl sites for hydroxylation is 1. The Morgan fingerprint density at radius 2 is 1.96 bits per heavy atom. The molecule has 2 aliphatic heterocycles. The molecule has 28 heavy (non-hydrogen) atoms. The molecule has 2 aromatic rings. The normalized spacial score (nSPS) is 22.7. The van der Waals surface area contributed by atoms with Crippen LogP contribution in [-0.2, 0) is 17.9 Å². The Hall–Kier alpha value is -2.70. The van der Waals surface area contributed by atoms with Crippen molar-refractivity contribution >= 4 is 11.8 Å². The van der Waals surface area contributed by atoms with Crippen LogP contribution in [-0.4, -0.2) is 56.0 Å². The Bertz CT molecular complexity index is 849. The maximum absolute atomic E-state index is 13.1. The first-order chi connectivity index (χ1) is 13.6. The van der Waals surface area contributed by atoms with Gasteiger partial charge in [0.15, 0.2) is 0 Å². The molecule has 0 N–H and O–H groups in total. The fourth-order valence-corrected chi connectivity index (χ4v) is 4.60. The highest BCUT2D eigenvalue weighted by atomic mass is 16.2. The van der Waals surface area contributed by atoms with Crippen LogP contribution in [0.15, 0.2) is 36.8 Å². The lowest BCUT2D eigenvalue weighted by Gasteiger charge is -2.48. The predicted molar refractivity (Wildman–Crippen MR) is 104 cm³/mol. The van der Waals surface area contributed by atoms with Gasteiger partial charge in [-0.05, 0) is 49.9 Å². The maximum Gasteiger partial charge on any atom is 0.272 e. The van der Waals surface area contributed by atoms with Gasteiger partial charge in [-0.15, -0.1) is 0 Å². The van der Waals surface area contributed by atoms with E-state index in [1.54, 1.807) is 29.3 Å². The van der Waals surface area contributed by atoms with Crippen molar-refractivity contribution in [2.24, 2.45) is 5.41 Å². The van der Waals surface area contributed by atoms with Gasteiger partial charge >= 0.3 is 0 Å². The molecule has 0 bridgehead atoms. The number of aromatic nitrogens is 3. The number of hydrogen-bond acceptors (Lipinski definition) is 4. The molecule has 0 unspecified atom stereocenters. The van der Waals surface area contributed by atoms with Crippen molar-refractivity contribution in [2.75, 3.05) is 19.6 Å². The summed E-state index contributed by atoms with van der Waals surface area (Å²) in [5, 5.41) is 4.23. The fraction of sp³-hybridized carbons (Fsp3) is 0.524. The number of amides is 2. The van der Waals surface area contributed by atoms with Crippen molar-refractivity contribution in [1.82, 2.24) is 24.6 Å². The molecule has 1 spiro atoms. The summed E-state index contributed by atoms with van der Waals surface area (Å²) in [6.45, 7) is 5.48. The van der Waals surface area contributed by atoms with E-state index < -0.39 is 0 Å². The molecule has 4 heterocycles. The quantitative estimate of drug-likeness (QED) is 0.815. The number of carbonyl (C=O) groups is 2. The number of carbonyl (C=O) groups excluding carboxylic acids is 2. The number of hydrogen-bond donors (Lipinski definition) is 0. The van der Waals surface area contributed by atoms with Gasteiger partial charge in [0.25, 0.3) is 5.91 Å². The smallest absolute Gasteiger partial charge is 0.272 e. The monoisotopic (exact) mass is 381 g/mol. The third-order valence-corrected chi connectivity index (χ3v) is 6.05. The van der Waals surface area contributed by atoms with Crippen molar-refractivity contribution in [2.45, 2.75) is 45.7 Å². The molecule has 4 rings (SSSR count). The van der Waals surface area contributed by atoms with E-state index in [1.807, 2.05) is 28.9 Å². The second-order valence-electron chi connectivity index (χ2n) is 7.97. The molecule has 2 aromatic heterocycles. The molecular formula is C21H27N5O2. The first-order valence-corrected chi connectivity index (χ1v) is 10.1. The summed E-state index contributed by atoms with van der Waals surface area (Å²) in [6, 6.07) is 5.71. The largest absolute Gasteiger partial charge is 0.338 e. The highest BCUT2D eigenvalue weighted by molar-refractivity contribution is 5.92. The van der Waals surface area contributed by atoms with E-state index >= 15 is 0 Å². The van der Waals surface area contributed by atoms with Crippen LogP contribution in [0.2, 0.25) is 0 Å². The standard InChI is InChI=1S/C21H27N5O2/c1-2-26-18(7-12-23-26)20(28)24-13-3-8-21(15-24)9-4-19(27)25(16-21)14-17-5-10-22-11-6-17/h5-7,10-12H,2-4,8-9,13-16H2,1H3/t21-/m1/s1. The number of rotatable bonds is 4. The summed E-state index contributed by atoms with van der Waals surface area (Å²) in [5.74, 6) is 0.256. The van der Waals surface area contributed by atoms with Gasteiger partial charge in [0.1, 0.15) is 5.69 Å². The number of nitrogens with zero attached hydrogens (tertiary/aromatic N) is 5. The molecule has 0 radical (unpaired) electrons. The Balaban J connectivity index is 1.49. The van der Waals surface area contributed by atoms with E-state index in [9.17, 15) is 9.59 Å². The molecule has 7 nitrogen and oxygen atoms in total. The average molecular weight is 381 g/mol. The van der Waals surface area contributed by atoms with Crippen molar-refractivity contribution in [3.8, 4) is 0 Å². The van der Waals surface area contributed by atoms with E-state index in [-0.39, 0.29) is 17.2 Å². The molecule has 1 atom stereocenters. The van der Waals surface area contributed by atoms with Crippen molar-refractivity contribution < 1.29 is 9.59 Å². The zero-order valence-corrected chi connectivity index (χ0v) is 16.4. The van der Waals surface area contributed by atoms with E-state index in [2.05, 4.69) is 10.1 Å². The van der Waals surface area contributed by atoms with Gasteiger partial charge in [-0.2, -0.15) is 5.10 Å². The van der Waals surface area contributed by atoms with Crippen LogP contribution in [0.3, 0.4) is 0 Å². The zero-order chi connectivity index (χ0) is 19.6.